The zero-order valence-corrected chi connectivity index (χ0v) is 23.9. The van der Waals surface area contributed by atoms with Gasteiger partial charge >= 0.3 is 0 Å². The van der Waals surface area contributed by atoms with E-state index in [0.717, 1.165) is 65.5 Å². The summed E-state index contributed by atoms with van der Waals surface area (Å²) in [5.41, 5.74) is 5.71. The average molecular weight is 544 g/mol. The first-order valence-corrected chi connectivity index (χ1v) is 15.2. The maximum absolute atomic E-state index is 13.5. The summed E-state index contributed by atoms with van der Waals surface area (Å²) in [6.45, 7) is 10.2. The lowest BCUT2D eigenvalue weighted by atomic mass is 9.81. The van der Waals surface area contributed by atoms with Crippen molar-refractivity contribution in [3.8, 4) is 0 Å². The van der Waals surface area contributed by atoms with Crippen molar-refractivity contribution < 1.29 is 9.53 Å². The summed E-state index contributed by atoms with van der Waals surface area (Å²) in [4.78, 5) is 34.4. The van der Waals surface area contributed by atoms with E-state index in [2.05, 4.69) is 39.0 Å². The van der Waals surface area contributed by atoms with Gasteiger partial charge < -0.3 is 24.9 Å². The van der Waals surface area contributed by atoms with Crippen LogP contribution in [0, 0.1) is 19.8 Å². The second-order valence-corrected chi connectivity index (χ2v) is 12.6. The smallest absolute Gasteiger partial charge is 0.254 e. The summed E-state index contributed by atoms with van der Waals surface area (Å²) < 4.78 is 8.59. The second kappa shape index (κ2) is 10.6. The normalized spacial score (nSPS) is 22.1. The SMILES string of the molecule is CSc1cc(C)[nH]c(=O)c1CNC(=O)c1c(C)n([C@H](C)C2CCC(NC3(C)COC3)CC2)c2ncsc12. The van der Waals surface area contributed by atoms with E-state index in [1.54, 1.807) is 0 Å². The van der Waals surface area contributed by atoms with Crippen molar-refractivity contribution >= 4 is 39.4 Å². The number of carbonyl (C=O) groups is 1. The number of rotatable bonds is 8. The zero-order chi connectivity index (χ0) is 26.3. The van der Waals surface area contributed by atoms with Crippen LogP contribution in [0.15, 0.2) is 21.3 Å². The predicted octanol–water partition coefficient (Wildman–Crippen LogP) is 4.55. The topological polar surface area (TPSA) is 101 Å². The van der Waals surface area contributed by atoms with Crippen LogP contribution < -0.4 is 16.2 Å². The van der Waals surface area contributed by atoms with E-state index < -0.39 is 0 Å². The van der Waals surface area contributed by atoms with Gasteiger partial charge in [-0.15, -0.1) is 23.1 Å². The van der Waals surface area contributed by atoms with Crippen molar-refractivity contribution in [1.82, 2.24) is 25.2 Å². The van der Waals surface area contributed by atoms with E-state index in [4.69, 9.17) is 4.74 Å². The number of carbonyl (C=O) groups excluding carboxylic acids is 1. The zero-order valence-electron chi connectivity index (χ0n) is 22.3. The van der Waals surface area contributed by atoms with Crippen LogP contribution in [0.1, 0.15) is 72.9 Å². The lowest BCUT2D eigenvalue weighted by molar-refractivity contribution is -0.0719. The fraction of sp³-hybridized carbons (Fsp3) is 0.593. The summed E-state index contributed by atoms with van der Waals surface area (Å²) in [6, 6.07) is 2.74. The van der Waals surface area contributed by atoms with Crippen molar-refractivity contribution in [2.75, 3.05) is 19.5 Å². The molecule has 1 saturated carbocycles. The Morgan fingerprint density at radius 1 is 1.32 bits per heavy atom. The minimum Gasteiger partial charge on any atom is -0.377 e. The van der Waals surface area contributed by atoms with E-state index in [0.29, 0.717) is 23.1 Å². The van der Waals surface area contributed by atoms with E-state index in [9.17, 15) is 9.59 Å². The Kier molecular flexibility index (Phi) is 7.55. The second-order valence-electron chi connectivity index (χ2n) is 10.9. The third-order valence-electron chi connectivity index (χ3n) is 8.08. The summed E-state index contributed by atoms with van der Waals surface area (Å²) in [7, 11) is 0. The first-order valence-electron chi connectivity index (χ1n) is 13.0. The Labute approximate surface area is 226 Å². The van der Waals surface area contributed by atoms with Crippen LogP contribution in [0.5, 0.6) is 0 Å². The van der Waals surface area contributed by atoms with E-state index in [1.165, 1.54) is 23.1 Å². The number of thioether (sulfide) groups is 1. The fourth-order valence-corrected chi connectivity index (χ4v) is 7.60. The van der Waals surface area contributed by atoms with E-state index in [-0.39, 0.29) is 29.6 Å². The first kappa shape index (κ1) is 26.5. The monoisotopic (exact) mass is 543 g/mol. The van der Waals surface area contributed by atoms with Gasteiger partial charge in [-0.3, -0.25) is 9.59 Å². The highest BCUT2D eigenvalue weighted by atomic mass is 32.2. The Bertz CT molecular complexity index is 1350. The Balaban J connectivity index is 1.32. The number of aromatic amines is 1. The molecule has 3 N–H and O–H groups in total. The standard InChI is InChI=1S/C27H37N5O3S2/c1-15-10-21(36-5)20(25(33)30-15)11-28-26(34)22-17(3)32(24-23(22)37-14-29-24)16(2)18-6-8-19(9-7-18)31-27(4)12-35-13-27/h10,14,16,18-19,31H,6-9,11-13H2,1-5H3,(H,28,34)(H,30,33)/t16-,18?,19?/m1/s1. The molecule has 1 atom stereocenters. The number of amides is 1. The highest BCUT2D eigenvalue weighted by Gasteiger charge is 2.37. The molecule has 1 aliphatic carbocycles. The van der Waals surface area contributed by atoms with Crippen LogP contribution in [-0.2, 0) is 11.3 Å². The number of ether oxygens (including phenoxy) is 1. The number of hydrogen-bond acceptors (Lipinski definition) is 7. The quantitative estimate of drug-likeness (QED) is 0.360. The van der Waals surface area contributed by atoms with E-state index >= 15 is 0 Å². The number of nitrogens with one attached hydrogen (secondary N) is 3. The number of nitrogens with zero attached hydrogens (tertiary/aromatic N) is 2. The first-order chi connectivity index (χ1) is 17.7. The predicted molar refractivity (Wildman–Crippen MR) is 150 cm³/mol. The van der Waals surface area contributed by atoms with Gasteiger partial charge in [0.05, 0.1) is 34.5 Å². The van der Waals surface area contributed by atoms with Crippen molar-refractivity contribution in [1.29, 1.82) is 0 Å². The number of pyridine rings is 1. The van der Waals surface area contributed by atoms with E-state index in [1.807, 2.05) is 31.7 Å². The molecule has 1 saturated heterocycles. The molecule has 0 bridgehead atoms. The maximum atomic E-state index is 13.5. The maximum Gasteiger partial charge on any atom is 0.254 e. The van der Waals surface area contributed by atoms with Gasteiger partial charge in [0.1, 0.15) is 0 Å². The fourth-order valence-electron chi connectivity index (χ4n) is 6.03. The van der Waals surface area contributed by atoms with Crippen LogP contribution >= 0.6 is 23.1 Å². The summed E-state index contributed by atoms with van der Waals surface area (Å²) >= 11 is 3.02. The van der Waals surface area contributed by atoms with Crippen molar-refractivity contribution in [3.63, 3.8) is 0 Å². The van der Waals surface area contributed by atoms with Gasteiger partial charge in [-0.2, -0.15) is 0 Å². The molecule has 0 spiro atoms. The van der Waals surface area contributed by atoms with Gasteiger partial charge in [0.2, 0.25) is 0 Å². The van der Waals surface area contributed by atoms with Crippen LogP contribution in [0.25, 0.3) is 10.3 Å². The summed E-state index contributed by atoms with van der Waals surface area (Å²) in [6.07, 6.45) is 6.54. The lowest BCUT2D eigenvalue weighted by Crippen LogP contribution is -2.61. The molecule has 1 amide bonds. The van der Waals surface area contributed by atoms with Crippen molar-refractivity contribution in [2.45, 2.75) is 82.4 Å². The van der Waals surface area contributed by atoms with Crippen molar-refractivity contribution in [2.24, 2.45) is 5.92 Å². The van der Waals surface area contributed by atoms with Gasteiger partial charge in [-0.05, 0) is 71.6 Å². The molecule has 4 heterocycles. The molecule has 37 heavy (non-hydrogen) atoms. The molecule has 8 nitrogen and oxygen atoms in total. The number of hydrogen-bond donors (Lipinski definition) is 3. The molecule has 0 aromatic carbocycles. The molecule has 0 radical (unpaired) electrons. The molecule has 3 aromatic heterocycles. The molecule has 10 heteroatoms. The minimum absolute atomic E-state index is 0.134. The van der Waals surface area contributed by atoms with Gasteiger partial charge in [0, 0.05) is 40.5 Å². The summed E-state index contributed by atoms with van der Waals surface area (Å²) in [5.74, 6) is 0.374. The molecular formula is C27H37N5O3S2. The van der Waals surface area contributed by atoms with Crippen LogP contribution in [-0.4, -0.2) is 51.5 Å². The molecule has 1 aliphatic heterocycles. The highest BCUT2D eigenvalue weighted by molar-refractivity contribution is 7.98. The largest absolute Gasteiger partial charge is 0.377 e. The average Bonchev–Trinajstić information content (AvgIpc) is 3.41. The summed E-state index contributed by atoms with van der Waals surface area (Å²) in [5, 5.41) is 6.83. The Morgan fingerprint density at radius 3 is 2.70 bits per heavy atom. The van der Waals surface area contributed by atoms with Gasteiger partial charge in [-0.25, -0.2) is 4.98 Å². The number of fused-ring (bicyclic) bond motifs is 1. The van der Waals surface area contributed by atoms with Crippen LogP contribution in [0.3, 0.4) is 0 Å². The third kappa shape index (κ3) is 5.13. The van der Waals surface area contributed by atoms with Crippen LogP contribution in [0.4, 0.5) is 0 Å². The lowest BCUT2D eigenvalue weighted by Gasteiger charge is -2.44. The number of H-pyrrole nitrogens is 1. The highest BCUT2D eigenvalue weighted by Crippen LogP contribution is 2.39. The molecule has 3 aromatic rings. The molecular weight excluding hydrogens is 506 g/mol. The Hall–Kier alpha value is -2.14. The number of aryl methyl sites for hydroxylation is 1. The molecule has 5 rings (SSSR count). The number of thiazole rings is 1. The molecule has 0 unspecified atom stereocenters. The molecule has 200 valence electrons. The minimum atomic E-state index is -0.159. The van der Waals surface area contributed by atoms with Gasteiger partial charge in [-0.1, -0.05) is 0 Å². The van der Waals surface area contributed by atoms with Crippen molar-refractivity contribution in [3.05, 3.63) is 44.4 Å². The Morgan fingerprint density at radius 2 is 2.05 bits per heavy atom. The third-order valence-corrected chi connectivity index (χ3v) is 9.72. The van der Waals surface area contributed by atoms with Crippen LogP contribution in [0.2, 0.25) is 0 Å². The molecule has 2 fully saturated rings. The molecule has 2 aliphatic rings. The van der Waals surface area contributed by atoms with Gasteiger partial charge in [0.15, 0.2) is 5.65 Å². The number of aromatic nitrogens is 3. The van der Waals surface area contributed by atoms with Gasteiger partial charge in [0.25, 0.3) is 11.5 Å².